The fraction of sp³-hybridized carbons (Fsp3) is 0.484. The third-order valence-electron chi connectivity index (χ3n) is 4.25. The van der Waals surface area contributed by atoms with Crippen LogP contribution >= 0.6 is 11.8 Å². The first-order valence-corrected chi connectivity index (χ1v) is 13.3. The lowest BCUT2D eigenvalue weighted by molar-refractivity contribution is 0.277. The number of hydrogen-bond donors (Lipinski definition) is 0. The molecule has 188 valence electrons. The summed E-state index contributed by atoms with van der Waals surface area (Å²) in [7, 11) is 0. The second-order valence-corrected chi connectivity index (χ2v) is 8.88. The van der Waals surface area contributed by atoms with Crippen molar-refractivity contribution in [1.82, 2.24) is 4.90 Å². The van der Waals surface area contributed by atoms with Gasteiger partial charge in [-0.25, -0.2) is 0 Å². The number of nitrogens with zero attached hydrogens (tertiary/aromatic N) is 1. The maximum atomic E-state index is 3.91. The number of rotatable bonds is 6. The van der Waals surface area contributed by atoms with Gasteiger partial charge in [0.05, 0.1) is 0 Å². The van der Waals surface area contributed by atoms with Crippen LogP contribution in [-0.4, -0.2) is 18.0 Å². The predicted octanol–water partition coefficient (Wildman–Crippen LogP) is 10.4. The fourth-order valence-corrected chi connectivity index (χ4v) is 3.67. The fourth-order valence-electron chi connectivity index (χ4n) is 2.93. The first-order chi connectivity index (χ1) is 15.7. The van der Waals surface area contributed by atoms with Crippen LogP contribution in [0.4, 0.5) is 0 Å². The Morgan fingerprint density at radius 1 is 0.909 bits per heavy atom. The summed E-state index contributed by atoms with van der Waals surface area (Å²) < 4.78 is 0. The highest BCUT2D eigenvalue weighted by atomic mass is 32.2. The Kier molecular flexibility index (Phi) is 25.4. The van der Waals surface area contributed by atoms with Crippen LogP contribution in [-0.2, 0) is 13.0 Å². The smallest absolute Gasteiger partial charge is 0.0240 e. The molecule has 0 unspecified atom stereocenters. The molecule has 33 heavy (non-hydrogen) atoms. The molecule has 0 aromatic heterocycles. The van der Waals surface area contributed by atoms with E-state index in [-0.39, 0.29) is 0 Å². The summed E-state index contributed by atoms with van der Waals surface area (Å²) in [5, 5.41) is 0. The molecule has 1 aliphatic rings. The van der Waals surface area contributed by atoms with Gasteiger partial charge in [-0.05, 0) is 62.6 Å². The third-order valence-corrected chi connectivity index (χ3v) is 4.98. The number of thioether (sulfide) groups is 1. The van der Waals surface area contributed by atoms with Crippen molar-refractivity contribution >= 4 is 11.8 Å². The topological polar surface area (TPSA) is 3.24 Å². The van der Waals surface area contributed by atoms with E-state index in [4.69, 9.17) is 0 Å². The van der Waals surface area contributed by atoms with Gasteiger partial charge in [0.25, 0.3) is 0 Å². The average Bonchev–Trinajstić information content (AvgIpc) is 2.80. The Balaban J connectivity index is -0.000000484. The van der Waals surface area contributed by atoms with Crippen LogP contribution in [0.2, 0.25) is 0 Å². The Hall–Kier alpha value is -1.77. The van der Waals surface area contributed by atoms with Gasteiger partial charge in [-0.2, -0.15) is 0 Å². The molecule has 0 radical (unpaired) electrons. The van der Waals surface area contributed by atoms with Crippen molar-refractivity contribution in [2.24, 2.45) is 0 Å². The maximum absolute atomic E-state index is 3.91. The highest BCUT2D eigenvalue weighted by molar-refractivity contribution is 8.06. The van der Waals surface area contributed by atoms with Crippen LogP contribution in [0.1, 0.15) is 87.3 Å². The molecule has 0 amide bonds. The highest BCUT2D eigenvalue weighted by Gasteiger charge is 2.15. The predicted molar refractivity (Wildman–Crippen MR) is 159 cm³/mol. The molecular weight excluding hydrogens is 418 g/mol. The Morgan fingerprint density at radius 3 is 1.85 bits per heavy atom. The van der Waals surface area contributed by atoms with Crippen molar-refractivity contribution in [2.75, 3.05) is 13.1 Å². The van der Waals surface area contributed by atoms with Crippen LogP contribution in [0, 0.1) is 0 Å². The molecule has 1 aromatic carbocycles. The largest absolute Gasteiger partial charge is 0.294 e. The summed E-state index contributed by atoms with van der Waals surface area (Å²) in [6.45, 7) is 37.2. The van der Waals surface area contributed by atoms with Crippen LogP contribution in [0.25, 0.3) is 0 Å². The van der Waals surface area contributed by atoms with E-state index >= 15 is 0 Å². The summed E-state index contributed by atoms with van der Waals surface area (Å²) in [4.78, 5) is 4.65. The van der Waals surface area contributed by atoms with Crippen molar-refractivity contribution in [3.8, 4) is 0 Å². The van der Waals surface area contributed by atoms with Gasteiger partial charge in [-0.3, -0.25) is 4.90 Å². The van der Waals surface area contributed by atoms with E-state index in [0.29, 0.717) is 0 Å². The van der Waals surface area contributed by atoms with E-state index in [9.17, 15) is 0 Å². The van der Waals surface area contributed by atoms with E-state index < -0.39 is 0 Å². The van der Waals surface area contributed by atoms with Crippen molar-refractivity contribution in [3.05, 3.63) is 93.8 Å². The SMILES string of the molecule is C=C(C)SC(=C)C=C(C)C.C=CC(CN1CCc2ccccc2C1)=C(C)C.CC.CC.CC. The average molecular weight is 472 g/mol. The van der Waals surface area contributed by atoms with E-state index in [0.717, 1.165) is 29.4 Å². The molecule has 0 saturated heterocycles. The number of benzene rings is 1. The number of fused-ring (bicyclic) bond motifs is 1. The summed E-state index contributed by atoms with van der Waals surface area (Å²) in [6, 6.07) is 8.77. The van der Waals surface area contributed by atoms with Crippen molar-refractivity contribution in [3.63, 3.8) is 0 Å². The molecule has 2 heteroatoms. The quantitative estimate of drug-likeness (QED) is 0.379. The zero-order valence-corrected chi connectivity index (χ0v) is 24.6. The number of allylic oxidation sites excluding steroid dienone is 4. The van der Waals surface area contributed by atoms with Gasteiger partial charge >= 0.3 is 0 Å². The second-order valence-electron chi connectivity index (χ2n) is 7.45. The minimum Gasteiger partial charge on any atom is -0.294 e. The monoisotopic (exact) mass is 471 g/mol. The highest BCUT2D eigenvalue weighted by Crippen LogP contribution is 2.23. The molecule has 0 N–H and O–H groups in total. The van der Waals surface area contributed by atoms with Crippen molar-refractivity contribution in [2.45, 2.75) is 89.1 Å². The molecule has 2 rings (SSSR count). The molecule has 1 aliphatic heterocycles. The van der Waals surface area contributed by atoms with Gasteiger partial charge in [0.1, 0.15) is 0 Å². The van der Waals surface area contributed by atoms with Gasteiger partial charge in [0.2, 0.25) is 0 Å². The van der Waals surface area contributed by atoms with Gasteiger partial charge in [0.15, 0.2) is 0 Å². The van der Waals surface area contributed by atoms with E-state index in [1.165, 1.54) is 34.3 Å². The molecule has 0 saturated carbocycles. The van der Waals surface area contributed by atoms with Crippen LogP contribution < -0.4 is 0 Å². The molecule has 1 heterocycles. The molecule has 1 aromatic rings. The lowest BCUT2D eigenvalue weighted by Crippen LogP contribution is -2.32. The Bertz CT molecular complexity index is 729. The Labute approximate surface area is 212 Å². The summed E-state index contributed by atoms with van der Waals surface area (Å²) in [5.41, 5.74) is 7.01. The minimum absolute atomic E-state index is 1.03. The zero-order valence-electron chi connectivity index (χ0n) is 23.8. The van der Waals surface area contributed by atoms with E-state index in [1.54, 1.807) is 11.8 Å². The van der Waals surface area contributed by atoms with Crippen LogP contribution in [0.5, 0.6) is 0 Å². The van der Waals surface area contributed by atoms with Crippen molar-refractivity contribution in [1.29, 1.82) is 0 Å². The first kappa shape index (κ1) is 35.8. The Morgan fingerprint density at radius 2 is 1.42 bits per heavy atom. The summed E-state index contributed by atoms with van der Waals surface area (Å²) in [5.74, 6) is 0. The molecule has 0 bridgehead atoms. The molecule has 0 atom stereocenters. The molecule has 0 spiro atoms. The van der Waals surface area contributed by atoms with Gasteiger partial charge < -0.3 is 0 Å². The van der Waals surface area contributed by atoms with Crippen LogP contribution in [0.3, 0.4) is 0 Å². The first-order valence-electron chi connectivity index (χ1n) is 12.5. The van der Waals surface area contributed by atoms with Gasteiger partial charge in [-0.15, -0.1) is 0 Å². The standard InChI is InChI=1S/C16H21N.C9H14S.3C2H6/c1-4-14(13(2)3)11-17-10-9-15-7-5-6-8-16(15)12-17;1-7(2)6-9(5)10-8(3)4;3*1-2/h4-8H,1,9-12H2,2-3H3;6H,3,5H2,1-2,4H3;3*1-2H3. The zero-order chi connectivity index (χ0) is 26.4. The van der Waals surface area contributed by atoms with E-state index in [1.807, 2.05) is 54.5 Å². The second kappa shape index (κ2) is 23.4. The lowest BCUT2D eigenvalue weighted by Gasteiger charge is -2.29. The van der Waals surface area contributed by atoms with Crippen molar-refractivity contribution < 1.29 is 0 Å². The van der Waals surface area contributed by atoms with Crippen LogP contribution in [0.15, 0.2) is 82.7 Å². The van der Waals surface area contributed by atoms with Gasteiger partial charge in [-0.1, -0.05) is 121 Å². The third kappa shape index (κ3) is 18.4. The normalized spacial score (nSPS) is 11.0. The molecule has 0 aliphatic carbocycles. The maximum Gasteiger partial charge on any atom is 0.0240 e. The number of hydrogen-bond acceptors (Lipinski definition) is 2. The molecule has 1 nitrogen and oxygen atoms in total. The van der Waals surface area contributed by atoms with E-state index in [2.05, 4.69) is 82.7 Å². The van der Waals surface area contributed by atoms with Gasteiger partial charge in [0, 0.05) is 24.5 Å². The lowest BCUT2D eigenvalue weighted by atomic mass is 9.99. The summed E-state index contributed by atoms with van der Waals surface area (Å²) in [6.07, 6.45) is 5.22. The minimum atomic E-state index is 1.03. The summed E-state index contributed by atoms with van der Waals surface area (Å²) >= 11 is 1.62. The molecular formula is C31H53NS. The molecule has 0 fully saturated rings.